The summed E-state index contributed by atoms with van der Waals surface area (Å²) < 4.78 is 45.6. The lowest BCUT2D eigenvalue weighted by Crippen LogP contribution is -2.17. The number of nitrogens with zero attached hydrogens (tertiary/aromatic N) is 3. The number of hydrogen-bond acceptors (Lipinski definition) is 3. The summed E-state index contributed by atoms with van der Waals surface area (Å²) in [5.74, 6) is 0.562. The van der Waals surface area contributed by atoms with Crippen LogP contribution in [0.1, 0.15) is 91.4 Å². The fourth-order valence-electron chi connectivity index (χ4n) is 7.79. The van der Waals surface area contributed by atoms with Crippen LogP contribution in [-0.2, 0) is 16.2 Å². The van der Waals surface area contributed by atoms with Gasteiger partial charge in [0.05, 0.1) is 34.8 Å². The summed E-state index contributed by atoms with van der Waals surface area (Å²) in [5, 5.41) is 12.4. The highest BCUT2D eigenvalue weighted by Gasteiger charge is 2.29. The van der Waals surface area contributed by atoms with Gasteiger partial charge in [0.2, 0.25) is 0 Å². The predicted molar refractivity (Wildman–Crippen MR) is 249 cm³/mol. The molecule has 0 atom stereocenters. The fourth-order valence-corrected chi connectivity index (χ4v) is 7.79. The molecule has 0 spiro atoms. The highest BCUT2D eigenvalue weighted by atomic mass is 16.3. The summed E-state index contributed by atoms with van der Waals surface area (Å²) in [5.41, 5.74) is 11.9. The molecule has 0 amide bonds. The number of fused-ring (bicyclic) bond motifs is 1. The largest absolute Gasteiger partial charge is 0.507 e. The molecule has 8 aromatic rings. The van der Waals surface area contributed by atoms with Crippen LogP contribution in [0.5, 0.6) is 5.75 Å². The van der Waals surface area contributed by atoms with Crippen molar-refractivity contribution in [3.63, 3.8) is 0 Å². The second kappa shape index (κ2) is 14.8. The van der Waals surface area contributed by atoms with Gasteiger partial charge in [0, 0.05) is 28.5 Å². The molecule has 296 valence electrons. The summed E-state index contributed by atoms with van der Waals surface area (Å²) in [4.78, 5) is 10.4. The minimum absolute atomic E-state index is 0.0801. The molecule has 0 bridgehead atoms. The zero-order valence-corrected chi connectivity index (χ0v) is 35.8. The molecule has 4 heteroatoms. The molecular formula is C55H55N3O. The van der Waals surface area contributed by atoms with Crippen LogP contribution in [0.15, 0.2) is 146 Å². The van der Waals surface area contributed by atoms with Crippen LogP contribution >= 0.6 is 0 Å². The van der Waals surface area contributed by atoms with Gasteiger partial charge in [0.1, 0.15) is 11.6 Å². The zero-order valence-electron chi connectivity index (χ0n) is 40.8. The van der Waals surface area contributed by atoms with E-state index in [4.69, 9.17) is 16.8 Å². The number of phenols is 1. The molecule has 0 saturated carbocycles. The van der Waals surface area contributed by atoms with Gasteiger partial charge in [0.15, 0.2) is 0 Å². The molecular weight excluding hydrogens is 719 g/mol. The van der Waals surface area contributed by atoms with E-state index in [1.807, 2.05) is 47.2 Å². The first-order chi connectivity index (χ1) is 30.0. The molecule has 0 saturated heterocycles. The number of aryl methyl sites for hydroxylation is 1. The van der Waals surface area contributed by atoms with Crippen molar-refractivity contribution in [2.24, 2.45) is 0 Å². The van der Waals surface area contributed by atoms with Crippen molar-refractivity contribution in [1.29, 1.82) is 0 Å². The molecule has 59 heavy (non-hydrogen) atoms. The van der Waals surface area contributed by atoms with E-state index < -0.39 is 23.5 Å². The Balaban J connectivity index is 1.47. The summed E-state index contributed by atoms with van der Waals surface area (Å²) in [7, 11) is 0. The van der Waals surface area contributed by atoms with E-state index in [-0.39, 0.29) is 34.2 Å². The number of para-hydroxylation sites is 2. The van der Waals surface area contributed by atoms with E-state index in [1.54, 1.807) is 12.1 Å². The van der Waals surface area contributed by atoms with Crippen LogP contribution < -0.4 is 0 Å². The summed E-state index contributed by atoms with van der Waals surface area (Å²) >= 11 is 0. The summed E-state index contributed by atoms with van der Waals surface area (Å²) in [6.45, 7) is 21.4. The Morgan fingerprint density at radius 1 is 0.559 bits per heavy atom. The van der Waals surface area contributed by atoms with Gasteiger partial charge in [-0.25, -0.2) is 4.98 Å². The van der Waals surface area contributed by atoms with Gasteiger partial charge in [-0.05, 0) is 99.0 Å². The maximum atomic E-state index is 12.4. The smallest absolute Gasteiger partial charge is 0.149 e. The van der Waals surface area contributed by atoms with Gasteiger partial charge in [-0.15, -0.1) is 0 Å². The first kappa shape index (κ1) is 33.7. The third-order valence-corrected chi connectivity index (χ3v) is 11.1. The molecule has 0 radical (unpaired) electrons. The van der Waals surface area contributed by atoms with Crippen LogP contribution in [0.25, 0.3) is 72.7 Å². The quantitative estimate of drug-likeness (QED) is 0.183. The Bertz CT molecular complexity index is 3120. The van der Waals surface area contributed by atoms with Crippen LogP contribution in [0.4, 0.5) is 0 Å². The molecule has 0 fully saturated rings. The number of aromatic nitrogens is 3. The van der Waals surface area contributed by atoms with Crippen LogP contribution in [0.2, 0.25) is 0 Å². The average Bonchev–Trinajstić information content (AvgIpc) is 3.63. The van der Waals surface area contributed by atoms with Crippen molar-refractivity contribution in [1.82, 2.24) is 14.5 Å². The van der Waals surface area contributed by atoms with E-state index in [1.165, 1.54) is 5.56 Å². The number of pyridine rings is 1. The van der Waals surface area contributed by atoms with Gasteiger partial charge in [-0.3, -0.25) is 9.55 Å². The molecule has 2 aromatic heterocycles. The van der Waals surface area contributed by atoms with Gasteiger partial charge < -0.3 is 5.11 Å². The minimum Gasteiger partial charge on any atom is -0.507 e. The number of rotatable bonds is 6. The van der Waals surface area contributed by atoms with Crippen molar-refractivity contribution >= 4 is 11.0 Å². The maximum Gasteiger partial charge on any atom is 0.149 e. The molecule has 1 N–H and O–H groups in total. The lowest BCUT2D eigenvalue weighted by Gasteiger charge is -2.27. The maximum absolute atomic E-state index is 12.4. The molecule has 6 aromatic carbocycles. The monoisotopic (exact) mass is 778 g/mol. The molecule has 4 nitrogen and oxygen atoms in total. The van der Waals surface area contributed by atoms with E-state index in [9.17, 15) is 5.11 Å². The molecule has 0 aliphatic heterocycles. The number of phenolic OH excluding ortho intramolecular Hbond substituents is 1. The Morgan fingerprint density at radius 2 is 1.22 bits per heavy atom. The molecule has 2 heterocycles. The number of hydrogen-bond donors (Lipinski definition) is 1. The average molecular weight is 779 g/mol. The number of imidazole rings is 1. The first-order valence-corrected chi connectivity index (χ1v) is 20.3. The van der Waals surface area contributed by atoms with Crippen molar-refractivity contribution in [3.8, 4) is 67.5 Å². The predicted octanol–water partition coefficient (Wildman–Crippen LogP) is 14.7. The lowest BCUT2D eigenvalue weighted by molar-refractivity contribution is 0.446. The van der Waals surface area contributed by atoms with Crippen molar-refractivity contribution in [2.45, 2.75) is 85.5 Å². The minimum atomic E-state index is -0.456. The van der Waals surface area contributed by atoms with Crippen molar-refractivity contribution < 1.29 is 12.0 Å². The SMILES string of the molecule is [2H]c1c([2H])c([2H])c(-c2ccccc2-n2c(-c3cc(C(C)(C)C)cc(C(C)(C)C)c3O)nc3c(-c4cc(-c5cc(-c6cccc(C)c6)ccn5)cc(C(C)(C)C)c4)cccc32)c([2H])c1[2H]. The molecule has 0 aliphatic rings. The van der Waals surface area contributed by atoms with E-state index in [2.05, 4.69) is 130 Å². The van der Waals surface area contributed by atoms with Crippen LogP contribution in [0, 0.1) is 6.92 Å². The van der Waals surface area contributed by atoms with Gasteiger partial charge in [0.25, 0.3) is 0 Å². The second-order valence-electron chi connectivity index (χ2n) is 18.7. The summed E-state index contributed by atoms with van der Waals surface area (Å²) in [6, 6.07) is 34.9. The second-order valence-corrected chi connectivity index (χ2v) is 18.7. The lowest BCUT2D eigenvalue weighted by atomic mass is 9.79. The van der Waals surface area contributed by atoms with Crippen molar-refractivity contribution in [3.05, 3.63) is 168 Å². The molecule has 0 unspecified atom stereocenters. The standard InChI is InChI=1S/C55H55N3O/c1-35-18-16-21-37(28-35)38-26-27-56-47(32-38)40-29-39(30-41(31-40)53(2,3)4)44-23-17-25-49-50(44)57-52(45-33-42(54(5,6)7)34-46(51(45)59)55(8,9)10)58(49)48-24-15-14-22-43(48)36-19-12-11-13-20-36/h11-34,59H,1-10H3/i11D,12D,13D,19D,20D. The van der Waals surface area contributed by atoms with Gasteiger partial charge >= 0.3 is 0 Å². The topological polar surface area (TPSA) is 50.9 Å². The molecule has 8 rings (SSSR count). The third kappa shape index (κ3) is 7.72. The van der Waals surface area contributed by atoms with Crippen molar-refractivity contribution in [2.75, 3.05) is 0 Å². The number of aromatic hydroxyl groups is 1. The summed E-state index contributed by atoms with van der Waals surface area (Å²) in [6.07, 6.45) is 1.86. The Hall–Kier alpha value is -6.26. The highest BCUT2D eigenvalue weighted by molar-refractivity contribution is 5.98. The number of benzene rings is 6. The Kier molecular flexibility index (Phi) is 8.47. The van der Waals surface area contributed by atoms with E-state index in [0.29, 0.717) is 33.7 Å². The van der Waals surface area contributed by atoms with Gasteiger partial charge in [-0.1, -0.05) is 165 Å². The van der Waals surface area contributed by atoms with E-state index in [0.717, 1.165) is 50.2 Å². The Labute approximate surface area is 357 Å². The third-order valence-electron chi connectivity index (χ3n) is 11.1. The van der Waals surface area contributed by atoms with E-state index >= 15 is 0 Å². The normalized spacial score (nSPS) is 13.5. The van der Waals surface area contributed by atoms with Gasteiger partial charge in [-0.2, -0.15) is 0 Å². The van der Waals surface area contributed by atoms with Crippen LogP contribution in [0.3, 0.4) is 0 Å². The molecule has 0 aliphatic carbocycles. The fraction of sp³-hybridized carbons (Fsp3) is 0.236. The van der Waals surface area contributed by atoms with Crippen LogP contribution in [-0.4, -0.2) is 19.6 Å². The Morgan fingerprint density at radius 3 is 1.93 bits per heavy atom. The first-order valence-electron chi connectivity index (χ1n) is 22.8. The zero-order chi connectivity index (χ0) is 46.2. The highest BCUT2D eigenvalue weighted by Crippen LogP contribution is 2.46.